The summed E-state index contributed by atoms with van der Waals surface area (Å²) in [5.41, 5.74) is 0.930. The van der Waals surface area contributed by atoms with Crippen molar-refractivity contribution in [2.75, 3.05) is 39.4 Å². The first-order valence-corrected chi connectivity index (χ1v) is 8.91. The van der Waals surface area contributed by atoms with E-state index in [9.17, 15) is 5.26 Å². The number of benzene rings is 1. The van der Waals surface area contributed by atoms with E-state index in [2.05, 4.69) is 29.7 Å². The minimum Gasteiger partial charge on any atom is -0.494 e. The Bertz CT molecular complexity index is 570. The van der Waals surface area contributed by atoms with Gasteiger partial charge in [0.2, 0.25) is 0 Å². The number of hydrogen-bond donors (Lipinski definition) is 0. The SMILES string of the molecule is CCOc1ccc(C(C#N)N2CCN(CC)CC2C)c(OCC)c1. The molecular weight excluding hydrogens is 302 g/mol. The fraction of sp³-hybridized carbons (Fsp3) is 0.632. The minimum atomic E-state index is -0.295. The van der Waals surface area contributed by atoms with E-state index in [0.717, 1.165) is 43.2 Å². The lowest BCUT2D eigenvalue weighted by Gasteiger charge is -2.41. The summed E-state index contributed by atoms with van der Waals surface area (Å²) >= 11 is 0. The first-order valence-electron chi connectivity index (χ1n) is 8.91. The Morgan fingerprint density at radius 3 is 2.54 bits per heavy atom. The first kappa shape index (κ1) is 18.6. The van der Waals surface area contributed by atoms with E-state index in [1.807, 2.05) is 32.0 Å². The van der Waals surface area contributed by atoms with Crippen LogP contribution < -0.4 is 9.47 Å². The van der Waals surface area contributed by atoms with Crippen molar-refractivity contribution < 1.29 is 9.47 Å². The summed E-state index contributed by atoms with van der Waals surface area (Å²) in [4.78, 5) is 4.71. The van der Waals surface area contributed by atoms with Gasteiger partial charge in [-0.05, 0) is 39.4 Å². The lowest BCUT2D eigenvalue weighted by molar-refractivity contribution is 0.0674. The Labute approximate surface area is 145 Å². The summed E-state index contributed by atoms with van der Waals surface area (Å²) in [6.45, 7) is 13.4. The Kier molecular flexibility index (Phi) is 6.89. The molecule has 1 aromatic rings. The predicted molar refractivity (Wildman–Crippen MR) is 95.4 cm³/mol. The highest BCUT2D eigenvalue weighted by Crippen LogP contribution is 2.34. The van der Waals surface area contributed by atoms with Crippen molar-refractivity contribution in [1.82, 2.24) is 9.80 Å². The van der Waals surface area contributed by atoms with Gasteiger partial charge in [-0.15, -0.1) is 0 Å². The molecule has 1 aromatic carbocycles. The van der Waals surface area contributed by atoms with Gasteiger partial charge in [0, 0.05) is 37.3 Å². The van der Waals surface area contributed by atoms with Gasteiger partial charge in [0.15, 0.2) is 0 Å². The Morgan fingerprint density at radius 1 is 1.21 bits per heavy atom. The van der Waals surface area contributed by atoms with Crippen molar-refractivity contribution in [2.24, 2.45) is 0 Å². The zero-order chi connectivity index (χ0) is 17.5. The van der Waals surface area contributed by atoms with E-state index in [1.165, 1.54) is 0 Å². The average molecular weight is 331 g/mol. The molecule has 2 rings (SSSR count). The highest BCUT2D eigenvalue weighted by Gasteiger charge is 2.31. The van der Waals surface area contributed by atoms with Crippen molar-refractivity contribution in [3.8, 4) is 17.6 Å². The third-order valence-corrected chi connectivity index (χ3v) is 4.55. The molecule has 1 aliphatic heterocycles. The zero-order valence-electron chi connectivity index (χ0n) is 15.3. The minimum absolute atomic E-state index is 0.295. The third-order valence-electron chi connectivity index (χ3n) is 4.55. The van der Waals surface area contributed by atoms with Crippen LogP contribution in [-0.4, -0.2) is 55.2 Å². The van der Waals surface area contributed by atoms with Crippen LogP contribution in [0, 0.1) is 11.3 Å². The van der Waals surface area contributed by atoms with Gasteiger partial charge >= 0.3 is 0 Å². The number of nitriles is 1. The number of rotatable bonds is 7. The van der Waals surface area contributed by atoms with Gasteiger partial charge in [-0.2, -0.15) is 5.26 Å². The molecule has 1 fully saturated rings. The van der Waals surface area contributed by atoms with E-state index < -0.39 is 0 Å². The van der Waals surface area contributed by atoms with E-state index in [1.54, 1.807) is 0 Å². The maximum absolute atomic E-state index is 9.85. The molecule has 1 saturated heterocycles. The molecule has 0 aliphatic carbocycles. The van der Waals surface area contributed by atoms with E-state index in [0.29, 0.717) is 19.3 Å². The summed E-state index contributed by atoms with van der Waals surface area (Å²) in [7, 11) is 0. The van der Waals surface area contributed by atoms with Crippen LogP contribution in [-0.2, 0) is 0 Å². The predicted octanol–water partition coefficient (Wildman–Crippen LogP) is 3.07. The molecule has 24 heavy (non-hydrogen) atoms. The quantitative estimate of drug-likeness (QED) is 0.768. The average Bonchev–Trinajstić information content (AvgIpc) is 2.59. The van der Waals surface area contributed by atoms with Crippen molar-refractivity contribution in [2.45, 2.75) is 39.8 Å². The summed E-state index contributed by atoms with van der Waals surface area (Å²) in [6, 6.07) is 8.34. The van der Waals surface area contributed by atoms with Crippen molar-refractivity contribution in [3.63, 3.8) is 0 Å². The van der Waals surface area contributed by atoms with Crippen LogP contribution in [0.15, 0.2) is 18.2 Å². The van der Waals surface area contributed by atoms with E-state index in [-0.39, 0.29) is 6.04 Å². The largest absolute Gasteiger partial charge is 0.494 e. The molecule has 0 aromatic heterocycles. The van der Waals surface area contributed by atoms with Crippen LogP contribution in [0.4, 0.5) is 0 Å². The normalized spacial score (nSPS) is 20.4. The van der Waals surface area contributed by atoms with E-state index in [4.69, 9.17) is 9.47 Å². The summed E-state index contributed by atoms with van der Waals surface area (Å²) in [5.74, 6) is 1.53. The third kappa shape index (κ3) is 4.19. The second-order valence-electron chi connectivity index (χ2n) is 6.08. The van der Waals surface area contributed by atoms with Crippen molar-refractivity contribution in [3.05, 3.63) is 23.8 Å². The molecule has 0 bridgehead atoms. The Balaban J connectivity index is 2.28. The molecular formula is C19H29N3O2. The first-order chi connectivity index (χ1) is 11.6. The molecule has 5 nitrogen and oxygen atoms in total. The van der Waals surface area contributed by atoms with Crippen LogP contribution in [0.3, 0.4) is 0 Å². The summed E-state index contributed by atoms with van der Waals surface area (Å²) in [6.07, 6.45) is 0. The Hall–Kier alpha value is -1.77. The fourth-order valence-electron chi connectivity index (χ4n) is 3.32. The van der Waals surface area contributed by atoms with Crippen LogP contribution in [0.2, 0.25) is 0 Å². The molecule has 1 heterocycles. The monoisotopic (exact) mass is 331 g/mol. The number of hydrogen-bond acceptors (Lipinski definition) is 5. The second-order valence-corrected chi connectivity index (χ2v) is 6.08. The topological polar surface area (TPSA) is 48.7 Å². The van der Waals surface area contributed by atoms with E-state index >= 15 is 0 Å². The van der Waals surface area contributed by atoms with Crippen LogP contribution in [0.1, 0.15) is 39.3 Å². The molecule has 2 atom stereocenters. The molecule has 2 unspecified atom stereocenters. The zero-order valence-corrected chi connectivity index (χ0v) is 15.3. The number of likely N-dealkylation sites (N-methyl/N-ethyl adjacent to an activating group) is 1. The number of ether oxygens (including phenoxy) is 2. The van der Waals surface area contributed by atoms with Crippen LogP contribution in [0.5, 0.6) is 11.5 Å². The van der Waals surface area contributed by atoms with Gasteiger partial charge in [-0.25, -0.2) is 0 Å². The smallest absolute Gasteiger partial charge is 0.128 e. The van der Waals surface area contributed by atoms with Gasteiger partial charge in [-0.1, -0.05) is 6.92 Å². The standard InChI is InChI=1S/C19H29N3O2/c1-5-21-10-11-22(15(4)14-21)18(13-20)17-9-8-16(23-6-2)12-19(17)24-7-3/h8-9,12,15,18H,5-7,10-11,14H2,1-4H3. The summed E-state index contributed by atoms with van der Waals surface area (Å²) in [5, 5.41) is 9.85. The van der Waals surface area contributed by atoms with Gasteiger partial charge in [0.05, 0.1) is 19.3 Å². The van der Waals surface area contributed by atoms with Crippen molar-refractivity contribution in [1.29, 1.82) is 5.26 Å². The molecule has 132 valence electrons. The second kappa shape index (κ2) is 8.91. The van der Waals surface area contributed by atoms with Gasteiger partial charge in [-0.3, -0.25) is 4.90 Å². The molecule has 0 radical (unpaired) electrons. The van der Waals surface area contributed by atoms with Crippen LogP contribution >= 0.6 is 0 Å². The summed E-state index contributed by atoms with van der Waals surface area (Å²) < 4.78 is 11.4. The maximum Gasteiger partial charge on any atom is 0.128 e. The maximum atomic E-state index is 9.85. The van der Waals surface area contributed by atoms with Crippen molar-refractivity contribution >= 4 is 0 Å². The van der Waals surface area contributed by atoms with Gasteiger partial charge in [0.25, 0.3) is 0 Å². The van der Waals surface area contributed by atoms with Gasteiger partial charge in [0.1, 0.15) is 17.5 Å². The van der Waals surface area contributed by atoms with Crippen LogP contribution in [0.25, 0.3) is 0 Å². The highest BCUT2D eigenvalue weighted by molar-refractivity contribution is 5.44. The lowest BCUT2D eigenvalue weighted by Crippen LogP contribution is -2.52. The fourth-order valence-corrected chi connectivity index (χ4v) is 3.32. The molecule has 5 heteroatoms. The lowest BCUT2D eigenvalue weighted by atomic mass is 10.0. The van der Waals surface area contributed by atoms with Gasteiger partial charge < -0.3 is 14.4 Å². The number of piperazine rings is 1. The number of nitrogens with zero attached hydrogens (tertiary/aromatic N) is 3. The highest BCUT2D eigenvalue weighted by atomic mass is 16.5. The Morgan fingerprint density at radius 2 is 1.96 bits per heavy atom. The molecule has 1 aliphatic rings. The molecule has 0 spiro atoms. The molecule has 0 N–H and O–H groups in total. The molecule has 0 amide bonds. The molecule has 0 saturated carbocycles.